The first-order valence-electron chi connectivity index (χ1n) is 5.20. The van der Waals surface area contributed by atoms with Gasteiger partial charge < -0.3 is 9.47 Å². The van der Waals surface area contributed by atoms with E-state index in [-0.39, 0.29) is 0 Å². The van der Waals surface area contributed by atoms with E-state index in [0.29, 0.717) is 19.3 Å². The Labute approximate surface area is 80.9 Å². The molecule has 0 aromatic heterocycles. The highest BCUT2D eigenvalue weighted by molar-refractivity contribution is 4.91. The smallest absolute Gasteiger partial charge is 0.0757 e. The Kier molecular flexibility index (Phi) is 5.87. The number of allylic oxidation sites excluding steroid dienone is 1. The summed E-state index contributed by atoms with van der Waals surface area (Å²) < 4.78 is 10.6. The minimum atomic E-state index is 0.329. The van der Waals surface area contributed by atoms with Gasteiger partial charge in [-0.1, -0.05) is 25.0 Å². The van der Waals surface area contributed by atoms with Crippen LogP contribution in [0, 0.1) is 0 Å². The molecule has 2 nitrogen and oxygen atoms in total. The maximum absolute atomic E-state index is 5.65. The van der Waals surface area contributed by atoms with Gasteiger partial charge in [0.15, 0.2) is 0 Å². The number of rotatable bonds is 4. The van der Waals surface area contributed by atoms with Crippen molar-refractivity contribution >= 4 is 0 Å². The summed E-state index contributed by atoms with van der Waals surface area (Å²) in [4.78, 5) is 0. The molecule has 0 amide bonds. The van der Waals surface area contributed by atoms with Crippen LogP contribution in [-0.2, 0) is 9.47 Å². The molecule has 0 saturated carbocycles. The molecule has 0 bridgehead atoms. The highest BCUT2D eigenvalue weighted by Crippen LogP contribution is 2.13. The van der Waals surface area contributed by atoms with Gasteiger partial charge in [-0.25, -0.2) is 0 Å². The molecule has 0 radical (unpaired) electrons. The van der Waals surface area contributed by atoms with E-state index in [1.54, 1.807) is 7.11 Å². The average molecular weight is 184 g/mol. The standard InChI is InChI=1S/C11H20O2/c1-12-9-10-13-11-7-5-3-2-4-6-8-11/h5,7,11H,2-4,6,8-10H2,1H3. The maximum Gasteiger partial charge on any atom is 0.0757 e. The van der Waals surface area contributed by atoms with Crippen molar-refractivity contribution in [3.63, 3.8) is 0 Å². The molecule has 0 spiro atoms. The zero-order valence-corrected chi connectivity index (χ0v) is 8.50. The van der Waals surface area contributed by atoms with Gasteiger partial charge in [0.1, 0.15) is 0 Å². The molecule has 1 unspecified atom stereocenters. The molecule has 1 atom stereocenters. The van der Waals surface area contributed by atoms with Crippen LogP contribution in [-0.4, -0.2) is 26.4 Å². The van der Waals surface area contributed by atoms with Gasteiger partial charge in [-0.2, -0.15) is 0 Å². The van der Waals surface area contributed by atoms with E-state index in [4.69, 9.17) is 9.47 Å². The zero-order chi connectivity index (χ0) is 9.36. The first-order chi connectivity index (χ1) is 6.43. The van der Waals surface area contributed by atoms with Gasteiger partial charge in [0.2, 0.25) is 0 Å². The van der Waals surface area contributed by atoms with Gasteiger partial charge in [-0.15, -0.1) is 0 Å². The minimum absolute atomic E-state index is 0.329. The molecule has 0 aromatic rings. The Morgan fingerprint density at radius 1 is 1.23 bits per heavy atom. The predicted octanol–water partition coefficient (Wildman–Crippen LogP) is 2.54. The normalized spacial score (nSPS) is 23.9. The van der Waals surface area contributed by atoms with E-state index >= 15 is 0 Å². The van der Waals surface area contributed by atoms with Crippen molar-refractivity contribution in [3.05, 3.63) is 12.2 Å². The van der Waals surface area contributed by atoms with Crippen LogP contribution in [0.3, 0.4) is 0 Å². The zero-order valence-electron chi connectivity index (χ0n) is 8.50. The van der Waals surface area contributed by atoms with Crippen molar-refractivity contribution in [3.8, 4) is 0 Å². The maximum atomic E-state index is 5.65. The van der Waals surface area contributed by atoms with Gasteiger partial charge in [0.25, 0.3) is 0 Å². The molecule has 0 aliphatic heterocycles. The van der Waals surface area contributed by atoms with Gasteiger partial charge in [0.05, 0.1) is 19.3 Å². The van der Waals surface area contributed by atoms with Crippen molar-refractivity contribution in [2.75, 3.05) is 20.3 Å². The molecule has 1 rings (SSSR count). The summed E-state index contributed by atoms with van der Waals surface area (Å²) >= 11 is 0. The third-order valence-electron chi connectivity index (χ3n) is 2.33. The van der Waals surface area contributed by atoms with Crippen molar-refractivity contribution in [2.45, 2.75) is 38.2 Å². The van der Waals surface area contributed by atoms with E-state index in [1.807, 2.05) is 0 Å². The molecule has 1 aliphatic rings. The highest BCUT2D eigenvalue weighted by Gasteiger charge is 2.06. The number of hydrogen-bond donors (Lipinski definition) is 0. The van der Waals surface area contributed by atoms with Crippen LogP contribution in [0.4, 0.5) is 0 Å². The molecule has 76 valence electrons. The van der Waals surface area contributed by atoms with E-state index in [9.17, 15) is 0 Å². The first kappa shape index (κ1) is 10.7. The quantitative estimate of drug-likeness (QED) is 0.494. The topological polar surface area (TPSA) is 18.5 Å². The SMILES string of the molecule is COCCOC1C=CCCCCC1. The van der Waals surface area contributed by atoms with E-state index in [1.165, 1.54) is 32.1 Å². The molecule has 2 heteroatoms. The largest absolute Gasteiger partial charge is 0.382 e. The van der Waals surface area contributed by atoms with Crippen molar-refractivity contribution in [2.24, 2.45) is 0 Å². The molecular formula is C11H20O2. The molecule has 1 aliphatic carbocycles. The molecule has 0 fully saturated rings. The average Bonchev–Trinajstić information content (AvgIpc) is 2.08. The molecule has 0 saturated heterocycles. The van der Waals surface area contributed by atoms with Crippen molar-refractivity contribution in [1.82, 2.24) is 0 Å². The van der Waals surface area contributed by atoms with Crippen LogP contribution in [0.25, 0.3) is 0 Å². The van der Waals surface area contributed by atoms with Crippen LogP contribution in [0.1, 0.15) is 32.1 Å². The molecule has 0 heterocycles. The third-order valence-corrected chi connectivity index (χ3v) is 2.33. The van der Waals surface area contributed by atoms with Crippen molar-refractivity contribution in [1.29, 1.82) is 0 Å². The second kappa shape index (κ2) is 7.10. The van der Waals surface area contributed by atoms with Crippen LogP contribution < -0.4 is 0 Å². The van der Waals surface area contributed by atoms with Gasteiger partial charge in [-0.3, -0.25) is 0 Å². The molecule has 0 aromatic carbocycles. The third kappa shape index (κ3) is 5.06. The summed E-state index contributed by atoms with van der Waals surface area (Å²) in [6.07, 6.45) is 11.1. The number of hydrogen-bond acceptors (Lipinski definition) is 2. The molecule has 0 N–H and O–H groups in total. The Hall–Kier alpha value is -0.340. The second-order valence-corrected chi connectivity index (χ2v) is 3.47. The van der Waals surface area contributed by atoms with E-state index in [2.05, 4.69) is 12.2 Å². The fourth-order valence-corrected chi connectivity index (χ4v) is 1.55. The Balaban J connectivity index is 2.17. The first-order valence-corrected chi connectivity index (χ1v) is 5.20. The second-order valence-electron chi connectivity index (χ2n) is 3.47. The predicted molar refractivity (Wildman–Crippen MR) is 53.8 cm³/mol. The fraction of sp³-hybridized carbons (Fsp3) is 0.818. The summed E-state index contributed by atoms with van der Waals surface area (Å²) in [7, 11) is 1.71. The number of methoxy groups -OCH3 is 1. The summed E-state index contributed by atoms with van der Waals surface area (Å²) in [6.45, 7) is 1.41. The van der Waals surface area contributed by atoms with E-state index < -0.39 is 0 Å². The monoisotopic (exact) mass is 184 g/mol. The van der Waals surface area contributed by atoms with Gasteiger partial charge in [0, 0.05) is 7.11 Å². The lowest BCUT2D eigenvalue weighted by Crippen LogP contribution is -2.14. The Morgan fingerprint density at radius 2 is 2.15 bits per heavy atom. The lowest BCUT2D eigenvalue weighted by Gasteiger charge is -2.15. The van der Waals surface area contributed by atoms with Crippen LogP contribution in [0.15, 0.2) is 12.2 Å². The summed E-state index contributed by atoms with van der Waals surface area (Å²) in [5.41, 5.74) is 0. The fourth-order valence-electron chi connectivity index (χ4n) is 1.55. The Morgan fingerprint density at radius 3 is 3.00 bits per heavy atom. The lowest BCUT2D eigenvalue weighted by atomic mass is 10.0. The highest BCUT2D eigenvalue weighted by atomic mass is 16.5. The van der Waals surface area contributed by atoms with E-state index in [0.717, 1.165) is 0 Å². The van der Waals surface area contributed by atoms with Crippen molar-refractivity contribution < 1.29 is 9.47 Å². The Bertz CT molecular complexity index is 143. The minimum Gasteiger partial charge on any atom is -0.382 e. The lowest BCUT2D eigenvalue weighted by molar-refractivity contribution is 0.0344. The number of ether oxygens (including phenoxy) is 2. The molecular weight excluding hydrogens is 164 g/mol. The summed E-state index contributed by atoms with van der Waals surface area (Å²) in [5.74, 6) is 0. The van der Waals surface area contributed by atoms with Gasteiger partial charge >= 0.3 is 0 Å². The summed E-state index contributed by atoms with van der Waals surface area (Å²) in [5, 5.41) is 0. The van der Waals surface area contributed by atoms with Gasteiger partial charge in [-0.05, 0) is 19.3 Å². The van der Waals surface area contributed by atoms with Crippen LogP contribution >= 0.6 is 0 Å². The molecule has 13 heavy (non-hydrogen) atoms. The van der Waals surface area contributed by atoms with Crippen LogP contribution in [0.5, 0.6) is 0 Å². The summed E-state index contributed by atoms with van der Waals surface area (Å²) in [6, 6.07) is 0. The van der Waals surface area contributed by atoms with Crippen LogP contribution in [0.2, 0.25) is 0 Å².